The van der Waals surface area contributed by atoms with Gasteiger partial charge in [-0.15, -0.1) is 0 Å². The van der Waals surface area contributed by atoms with Crippen molar-refractivity contribution >= 4 is 17.4 Å². The van der Waals surface area contributed by atoms with Crippen molar-refractivity contribution in [3.63, 3.8) is 0 Å². The first-order chi connectivity index (χ1) is 14.6. The Kier molecular flexibility index (Phi) is 4.67. The van der Waals surface area contributed by atoms with E-state index in [0.29, 0.717) is 11.4 Å². The van der Waals surface area contributed by atoms with E-state index in [1.54, 1.807) is 7.11 Å². The van der Waals surface area contributed by atoms with Gasteiger partial charge >= 0.3 is 0 Å². The van der Waals surface area contributed by atoms with Gasteiger partial charge in [-0.1, -0.05) is 35.9 Å². The van der Waals surface area contributed by atoms with Crippen molar-refractivity contribution in [1.29, 1.82) is 0 Å². The number of hydrogen-bond acceptors (Lipinski definition) is 4. The summed E-state index contributed by atoms with van der Waals surface area (Å²) in [5.41, 5.74) is 3.45. The van der Waals surface area contributed by atoms with E-state index in [1.165, 1.54) is 0 Å². The number of methoxy groups -OCH3 is 1. The van der Waals surface area contributed by atoms with Gasteiger partial charge in [-0.3, -0.25) is 4.79 Å². The first-order valence-electron chi connectivity index (χ1n) is 9.95. The number of carbonyl (C=O) groups excluding carboxylic acids is 1. The topological polar surface area (TPSA) is 44.8 Å². The molecule has 0 N–H and O–H groups in total. The van der Waals surface area contributed by atoms with E-state index < -0.39 is 5.41 Å². The summed E-state index contributed by atoms with van der Waals surface area (Å²) in [4.78, 5) is 13.3. The highest BCUT2D eigenvalue weighted by molar-refractivity contribution is 6.30. The van der Waals surface area contributed by atoms with Crippen LogP contribution >= 0.6 is 11.6 Å². The Morgan fingerprint density at radius 3 is 2.63 bits per heavy atom. The lowest BCUT2D eigenvalue weighted by Crippen LogP contribution is -2.22. The number of Topliss-reactive ketones (excluding diaryl/α,β-unsaturated/α-hetero) is 1. The summed E-state index contributed by atoms with van der Waals surface area (Å²) in [6.07, 6.45) is 2.09. The quantitative estimate of drug-likeness (QED) is 0.521. The van der Waals surface area contributed by atoms with E-state index in [-0.39, 0.29) is 12.6 Å². The Morgan fingerprint density at radius 2 is 1.87 bits per heavy atom. The molecule has 3 aromatic carbocycles. The average Bonchev–Trinajstić information content (AvgIpc) is 3.44. The van der Waals surface area contributed by atoms with Crippen LogP contribution in [-0.2, 0) is 16.6 Å². The van der Waals surface area contributed by atoms with Crippen LogP contribution in [0.3, 0.4) is 0 Å². The predicted molar refractivity (Wildman–Crippen MR) is 116 cm³/mol. The highest BCUT2D eigenvalue weighted by Crippen LogP contribution is 2.51. The van der Waals surface area contributed by atoms with E-state index in [9.17, 15) is 4.79 Å². The monoisotopic (exact) mass is 420 g/mol. The number of rotatable bonds is 6. The van der Waals surface area contributed by atoms with E-state index in [4.69, 9.17) is 25.8 Å². The Bertz CT molecular complexity index is 1130. The fourth-order valence-electron chi connectivity index (χ4n) is 4.15. The largest absolute Gasteiger partial charge is 0.496 e. The molecule has 0 bridgehead atoms. The predicted octanol–water partition coefficient (Wildman–Crippen LogP) is 5.59. The minimum atomic E-state index is -0.420. The van der Waals surface area contributed by atoms with Crippen LogP contribution in [0.4, 0.5) is 0 Å². The van der Waals surface area contributed by atoms with Crippen LogP contribution in [0.5, 0.6) is 17.2 Å². The van der Waals surface area contributed by atoms with Gasteiger partial charge in [-0.05, 0) is 65.9 Å². The molecule has 1 saturated carbocycles. The van der Waals surface area contributed by atoms with Crippen LogP contribution in [-0.4, -0.2) is 19.7 Å². The second-order valence-electron chi connectivity index (χ2n) is 7.80. The standard InChI is InChI=1S/C25H21ClO4/c1-28-21-7-5-16(11-20(21)17-3-2-4-19(26)13-17)12-24(27)25(9-10-25)18-6-8-22-23(14-18)30-15-29-22/h2-8,11,13-14H,9-10,12,15H2,1H3. The third-order valence-corrected chi connectivity index (χ3v) is 6.21. The maximum atomic E-state index is 13.3. The maximum Gasteiger partial charge on any atom is 0.231 e. The first-order valence-corrected chi connectivity index (χ1v) is 10.3. The summed E-state index contributed by atoms with van der Waals surface area (Å²) in [7, 11) is 1.65. The van der Waals surface area contributed by atoms with Crippen LogP contribution < -0.4 is 14.2 Å². The molecule has 5 rings (SSSR count). The van der Waals surface area contributed by atoms with Crippen molar-refractivity contribution in [2.45, 2.75) is 24.7 Å². The molecule has 152 valence electrons. The van der Waals surface area contributed by atoms with Crippen LogP contribution in [0, 0.1) is 0 Å². The van der Waals surface area contributed by atoms with Crippen molar-refractivity contribution in [1.82, 2.24) is 0 Å². The van der Waals surface area contributed by atoms with Gasteiger partial charge in [0.15, 0.2) is 11.5 Å². The van der Waals surface area contributed by atoms with E-state index in [0.717, 1.165) is 52.3 Å². The number of hydrogen-bond donors (Lipinski definition) is 0. The van der Waals surface area contributed by atoms with Gasteiger partial charge in [-0.2, -0.15) is 0 Å². The van der Waals surface area contributed by atoms with Crippen LogP contribution in [0.2, 0.25) is 5.02 Å². The molecule has 5 heteroatoms. The van der Waals surface area contributed by atoms with Crippen LogP contribution in [0.15, 0.2) is 60.7 Å². The summed E-state index contributed by atoms with van der Waals surface area (Å²) in [6.45, 7) is 0.234. The molecule has 1 heterocycles. The number of halogens is 1. The molecule has 30 heavy (non-hydrogen) atoms. The van der Waals surface area contributed by atoms with Crippen molar-refractivity contribution in [2.24, 2.45) is 0 Å². The lowest BCUT2D eigenvalue weighted by molar-refractivity contribution is -0.120. The molecular weight excluding hydrogens is 400 g/mol. The number of benzene rings is 3. The minimum Gasteiger partial charge on any atom is -0.496 e. The van der Waals surface area contributed by atoms with Gasteiger partial charge in [-0.25, -0.2) is 0 Å². The van der Waals surface area contributed by atoms with Crippen molar-refractivity contribution in [2.75, 3.05) is 13.9 Å². The lowest BCUT2D eigenvalue weighted by atomic mass is 9.87. The molecule has 0 spiro atoms. The molecule has 3 aromatic rings. The average molecular weight is 421 g/mol. The van der Waals surface area contributed by atoms with Gasteiger partial charge in [0, 0.05) is 17.0 Å². The summed E-state index contributed by atoms with van der Waals surface area (Å²) in [5, 5.41) is 0.663. The highest BCUT2D eigenvalue weighted by atomic mass is 35.5. The summed E-state index contributed by atoms with van der Waals surface area (Å²) >= 11 is 6.18. The molecule has 1 aliphatic carbocycles. The molecule has 1 fully saturated rings. The zero-order valence-corrected chi connectivity index (χ0v) is 17.4. The molecule has 4 nitrogen and oxygen atoms in total. The molecular formula is C25H21ClO4. The Hall–Kier alpha value is -2.98. The fourth-order valence-corrected chi connectivity index (χ4v) is 4.34. The van der Waals surface area contributed by atoms with Gasteiger partial charge in [0.05, 0.1) is 12.5 Å². The molecule has 0 atom stereocenters. The third-order valence-electron chi connectivity index (χ3n) is 5.97. The maximum absolute atomic E-state index is 13.3. The van der Waals surface area contributed by atoms with Gasteiger partial charge in [0.25, 0.3) is 0 Å². The lowest BCUT2D eigenvalue weighted by Gasteiger charge is -2.16. The highest BCUT2D eigenvalue weighted by Gasteiger charge is 2.50. The van der Waals surface area contributed by atoms with Gasteiger partial charge in [0.1, 0.15) is 11.5 Å². The fraction of sp³-hybridized carbons (Fsp3) is 0.240. The Morgan fingerprint density at radius 1 is 1.03 bits per heavy atom. The van der Waals surface area contributed by atoms with E-state index >= 15 is 0 Å². The first kappa shape index (κ1) is 19.0. The molecule has 1 aliphatic heterocycles. The summed E-state index contributed by atoms with van der Waals surface area (Å²) in [5.74, 6) is 2.44. The van der Waals surface area contributed by atoms with Crippen LogP contribution in [0.25, 0.3) is 11.1 Å². The molecule has 0 radical (unpaired) electrons. The molecule has 0 amide bonds. The summed E-state index contributed by atoms with van der Waals surface area (Å²) in [6, 6.07) is 19.4. The van der Waals surface area contributed by atoms with E-state index in [2.05, 4.69) is 0 Å². The minimum absolute atomic E-state index is 0.226. The van der Waals surface area contributed by atoms with Crippen molar-refractivity contribution < 1.29 is 19.0 Å². The van der Waals surface area contributed by atoms with Gasteiger partial charge < -0.3 is 14.2 Å². The van der Waals surface area contributed by atoms with Crippen molar-refractivity contribution in [3.8, 4) is 28.4 Å². The van der Waals surface area contributed by atoms with Gasteiger partial charge in [0.2, 0.25) is 6.79 Å². The SMILES string of the molecule is COc1ccc(CC(=O)C2(c3ccc4c(c3)OCO4)CC2)cc1-c1cccc(Cl)c1. The number of carbonyl (C=O) groups is 1. The molecule has 0 unspecified atom stereocenters. The molecule has 0 saturated heterocycles. The second kappa shape index (κ2) is 7.37. The molecule has 0 aromatic heterocycles. The smallest absolute Gasteiger partial charge is 0.231 e. The number of ether oxygens (including phenoxy) is 3. The number of fused-ring (bicyclic) bond motifs is 1. The van der Waals surface area contributed by atoms with Crippen LogP contribution in [0.1, 0.15) is 24.0 Å². The van der Waals surface area contributed by atoms with Crippen molar-refractivity contribution in [3.05, 3.63) is 76.8 Å². The Balaban J connectivity index is 1.43. The zero-order valence-electron chi connectivity index (χ0n) is 16.6. The van der Waals surface area contributed by atoms with E-state index in [1.807, 2.05) is 60.7 Å². The number of ketones is 1. The summed E-state index contributed by atoms with van der Waals surface area (Å²) < 4.78 is 16.4. The second-order valence-corrected chi connectivity index (χ2v) is 8.23. The zero-order chi connectivity index (χ0) is 20.7. The normalized spacial score (nSPS) is 15.7. The third kappa shape index (κ3) is 3.31. The molecule has 2 aliphatic rings. The Labute approximate surface area is 180 Å².